The van der Waals surface area contributed by atoms with Crippen molar-refractivity contribution in [1.29, 1.82) is 0 Å². The van der Waals surface area contributed by atoms with Crippen molar-refractivity contribution in [3.8, 4) is 0 Å². The zero-order chi connectivity index (χ0) is 11.4. The van der Waals surface area contributed by atoms with Gasteiger partial charge in [0.25, 0.3) is 0 Å². The lowest BCUT2D eigenvalue weighted by molar-refractivity contribution is -0.121. The van der Waals surface area contributed by atoms with Crippen LogP contribution in [0.5, 0.6) is 0 Å². The van der Waals surface area contributed by atoms with Crippen LogP contribution < -0.4 is 11.1 Å². The van der Waals surface area contributed by atoms with Crippen molar-refractivity contribution in [3.63, 3.8) is 0 Å². The minimum absolute atomic E-state index is 0.148. The topological polar surface area (TPSA) is 70.9 Å². The monoisotopic (exact) mass is 221 g/mol. The molecule has 0 saturated heterocycles. The van der Waals surface area contributed by atoms with Gasteiger partial charge in [-0.15, -0.1) is 0 Å². The second kappa shape index (κ2) is 5.16. The van der Waals surface area contributed by atoms with Gasteiger partial charge in [0.2, 0.25) is 5.91 Å². The fourth-order valence-electron chi connectivity index (χ4n) is 2.31. The van der Waals surface area contributed by atoms with Gasteiger partial charge in [-0.2, -0.15) is 0 Å². The minimum atomic E-state index is 0.148. The van der Waals surface area contributed by atoms with Crippen LogP contribution in [0.25, 0.3) is 0 Å². The highest BCUT2D eigenvalue weighted by Crippen LogP contribution is 2.28. The first-order valence-electron chi connectivity index (χ1n) is 5.93. The summed E-state index contributed by atoms with van der Waals surface area (Å²) in [7, 11) is 0. The van der Waals surface area contributed by atoms with Gasteiger partial charge in [-0.3, -0.25) is 4.79 Å². The Labute approximate surface area is 95.6 Å². The summed E-state index contributed by atoms with van der Waals surface area (Å²) in [6.07, 6.45) is 7.71. The normalized spacial score (nSPS) is 25.3. The number of aromatic amines is 1. The Hall–Kier alpha value is -1.29. The van der Waals surface area contributed by atoms with Gasteiger partial charge < -0.3 is 16.0 Å². The molecule has 1 aromatic rings. The van der Waals surface area contributed by atoms with Gasteiger partial charge in [0.1, 0.15) is 0 Å². The number of hydrogen-bond acceptors (Lipinski definition) is 2. The fraction of sp³-hybridized carbons (Fsp3) is 0.583. The van der Waals surface area contributed by atoms with E-state index in [2.05, 4.69) is 10.3 Å². The lowest BCUT2D eigenvalue weighted by atomic mass is 9.81. The predicted octanol–water partition coefficient (Wildman–Crippen LogP) is 1.72. The van der Waals surface area contributed by atoms with E-state index in [1.165, 1.54) is 0 Å². The number of nitrogens with two attached hydrogens (primary N) is 1. The molecule has 88 valence electrons. The van der Waals surface area contributed by atoms with Gasteiger partial charge in [-0.1, -0.05) is 0 Å². The molecule has 4 heteroatoms. The van der Waals surface area contributed by atoms with Crippen LogP contribution in [0.15, 0.2) is 18.5 Å². The molecule has 0 aromatic carbocycles. The van der Waals surface area contributed by atoms with E-state index in [1.807, 2.05) is 6.07 Å². The van der Waals surface area contributed by atoms with Crippen LogP contribution in [0.3, 0.4) is 0 Å². The second-order valence-corrected chi connectivity index (χ2v) is 4.54. The highest BCUT2D eigenvalue weighted by molar-refractivity contribution is 5.92. The Kier molecular flexibility index (Phi) is 3.62. The lowest BCUT2D eigenvalue weighted by Gasteiger charge is -2.26. The lowest BCUT2D eigenvalue weighted by Crippen LogP contribution is -2.29. The molecular formula is C12H19N3O. The predicted molar refractivity (Wildman–Crippen MR) is 63.9 cm³/mol. The molecule has 1 aromatic heterocycles. The molecular weight excluding hydrogens is 202 g/mol. The molecule has 1 aliphatic carbocycles. The van der Waals surface area contributed by atoms with Gasteiger partial charge in [0.15, 0.2) is 0 Å². The molecule has 1 heterocycles. The Morgan fingerprint density at radius 2 is 2.19 bits per heavy atom. The van der Waals surface area contributed by atoms with Gasteiger partial charge in [-0.25, -0.2) is 0 Å². The number of carbonyl (C=O) groups is 1. The van der Waals surface area contributed by atoms with Gasteiger partial charge >= 0.3 is 0 Å². The number of H-pyrrole nitrogens is 1. The van der Waals surface area contributed by atoms with Crippen molar-refractivity contribution < 1.29 is 4.79 Å². The van der Waals surface area contributed by atoms with E-state index in [-0.39, 0.29) is 11.8 Å². The molecule has 1 amide bonds. The zero-order valence-electron chi connectivity index (χ0n) is 9.41. The maximum atomic E-state index is 11.9. The van der Waals surface area contributed by atoms with Crippen molar-refractivity contribution in [2.75, 3.05) is 11.9 Å². The largest absolute Gasteiger partial charge is 0.366 e. The molecule has 1 fully saturated rings. The van der Waals surface area contributed by atoms with E-state index in [0.29, 0.717) is 5.92 Å². The standard InChI is InChI=1S/C12H19N3O/c13-7-9-1-3-10(4-2-9)12(16)15-11-5-6-14-8-11/h5-6,8-10,14H,1-4,7,13H2,(H,15,16). The first-order valence-corrected chi connectivity index (χ1v) is 5.93. The average Bonchev–Trinajstić information content (AvgIpc) is 2.82. The first-order chi connectivity index (χ1) is 7.79. The Morgan fingerprint density at radius 1 is 1.44 bits per heavy atom. The fourth-order valence-corrected chi connectivity index (χ4v) is 2.31. The van der Waals surface area contributed by atoms with Gasteiger partial charge in [0.05, 0.1) is 5.69 Å². The maximum absolute atomic E-state index is 11.9. The zero-order valence-corrected chi connectivity index (χ0v) is 9.41. The quantitative estimate of drug-likeness (QED) is 0.727. The van der Waals surface area contributed by atoms with Gasteiger partial charge in [0, 0.05) is 18.3 Å². The van der Waals surface area contributed by atoms with Crippen LogP contribution in [0, 0.1) is 11.8 Å². The summed E-state index contributed by atoms with van der Waals surface area (Å²) < 4.78 is 0. The molecule has 1 saturated carbocycles. The van der Waals surface area contributed by atoms with E-state index in [0.717, 1.165) is 37.9 Å². The van der Waals surface area contributed by atoms with Crippen LogP contribution in [0.4, 0.5) is 5.69 Å². The van der Waals surface area contributed by atoms with E-state index < -0.39 is 0 Å². The number of aromatic nitrogens is 1. The van der Waals surface area contributed by atoms with Crippen molar-refractivity contribution in [2.45, 2.75) is 25.7 Å². The second-order valence-electron chi connectivity index (χ2n) is 4.54. The molecule has 0 bridgehead atoms. The first kappa shape index (κ1) is 11.2. The third-order valence-corrected chi connectivity index (χ3v) is 3.42. The number of rotatable bonds is 3. The smallest absolute Gasteiger partial charge is 0.227 e. The highest BCUT2D eigenvalue weighted by atomic mass is 16.1. The van der Waals surface area contributed by atoms with E-state index in [1.54, 1.807) is 12.4 Å². The molecule has 1 aliphatic rings. The number of carbonyl (C=O) groups excluding carboxylic acids is 1. The van der Waals surface area contributed by atoms with E-state index in [9.17, 15) is 4.79 Å². The van der Waals surface area contributed by atoms with Crippen LogP contribution in [-0.2, 0) is 4.79 Å². The molecule has 4 N–H and O–H groups in total. The van der Waals surface area contributed by atoms with Crippen molar-refractivity contribution in [3.05, 3.63) is 18.5 Å². The average molecular weight is 221 g/mol. The maximum Gasteiger partial charge on any atom is 0.227 e. The number of anilines is 1. The molecule has 0 unspecified atom stereocenters. The molecule has 0 spiro atoms. The molecule has 16 heavy (non-hydrogen) atoms. The summed E-state index contributed by atoms with van der Waals surface area (Å²) in [6, 6.07) is 1.86. The summed E-state index contributed by atoms with van der Waals surface area (Å²) in [5, 5.41) is 2.92. The molecule has 0 atom stereocenters. The van der Waals surface area contributed by atoms with Crippen LogP contribution in [0.2, 0.25) is 0 Å². The molecule has 2 rings (SSSR count). The third kappa shape index (κ3) is 2.64. The number of hydrogen-bond donors (Lipinski definition) is 3. The number of amides is 1. The van der Waals surface area contributed by atoms with Crippen LogP contribution in [-0.4, -0.2) is 17.4 Å². The summed E-state index contributed by atoms with van der Waals surface area (Å²) in [4.78, 5) is 14.8. The third-order valence-electron chi connectivity index (χ3n) is 3.42. The van der Waals surface area contributed by atoms with Crippen molar-refractivity contribution in [2.24, 2.45) is 17.6 Å². The highest BCUT2D eigenvalue weighted by Gasteiger charge is 2.25. The molecule has 4 nitrogen and oxygen atoms in total. The Bertz CT molecular complexity index is 326. The summed E-state index contributed by atoms with van der Waals surface area (Å²) in [6.45, 7) is 0.756. The van der Waals surface area contributed by atoms with Crippen LogP contribution >= 0.6 is 0 Å². The molecule has 0 radical (unpaired) electrons. The van der Waals surface area contributed by atoms with Crippen molar-refractivity contribution >= 4 is 11.6 Å². The Morgan fingerprint density at radius 3 is 2.75 bits per heavy atom. The van der Waals surface area contributed by atoms with Crippen molar-refractivity contribution in [1.82, 2.24) is 4.98 Å². The SMILES string of the molecule is NCC1CCC(C(=O)Nc2cc[nH]c2)CC1. The van der Waals surface area contributed by atoms with Gasteiger partial charge in [-0.05, 0) is 44.2 Å². The van der Waals surface area contributed by atoms with E-state index in [4.69, 9.17) is 5.73 Å². The van der Waals surface area contributed by atoms with Crippen LogP contribution in [0.1, 0.15) is 25.7 Å². The van der Waals surface area contributed by atoms with E-state index >= 15 is 0 Å². The summed E-state index contributed by atoms with van der Waals surface area (Å²) in [5.74, 6) is 0.934. The summed E-state index contributed by atoms with van der Waals surface area (Å²) in [5.41, 5.74) is 6.48. The number of nitrogens with one attached hydrogen (secondary N) is 2. The Balaban J connectivity index is 1.82. The minimum Gasteiger partial charge on any atom is -0.366 e. The summed E-state index contributed by atoms with van der Waals surface area (Å²) >= 11 is 0. The molecule has 0 aliphatic heterocycles.